The fourth-order valence-corrected chi connectivity index (χ4v) is 13.0. The van der Waals surface area contributed by atoms with Gasteiger partial charge in [0.05, 0.1) is 31.9 Å². The Morgan fingerprint density at radius 3 is 1.44 bits per heavy atom. The summed E-state index contributed by atoms with van der Waals surface area (Å²) in [5, 5.41) is 2.76. The number of rotatable bonds is 9. The highest BCUT2D eigenvalue weighted by molar-refractivity contribution is 7.89. The molecule has 4 aliphatic rings. The predicted molar refractivity (Wildman–Crippen MR) is 266 cm³/mol. The van der Waals surface area contributed by atoms with Gasteiger partial charge < -0.3 is 24.9 Å². The molecule has 4 aromatic rings. The first-order valence-electron chi connectivity index (χ1n) is 24.3. The van der Waals surface area contributed by atoms with Crippen LogP contribution in [0.25, 0.3) is 22.1 Å². The fourth-order valence-electron chi connectivity index (χ4n) is 9.95. The molecule has 0 unspecified atom stereocenters. The van der Waals surface area contributed by atoms with Crippen LogP contribution in [0.5, 0.6) is 0 Å². The molecule has 2 aliphatic heterocycles. The van der Waals surface area contributed by atoms with Crippen LogP contribution in [0, 0.1) is 11.8 Å². The number of halogens is 5. The number of benzene rings is 2. The van der Waals surface area contributed by atoms with Gasteiger partial charge in [0.25, 0.3) is 0 Å². The first kappa shape index (κ1) is 55.7. The third-order valence-electron chi connectivity index (χ3n) is 13.7. The zero-order valence-electron chi connectivity index (χ0n) is 42.0. The minimum Gasteiger partial charge on any atom is -0.444 e. The molecule has 2 aliphatic carbocycles. The van der Waals surface area contributed by atoms with Crippen LogP contribution in [-0.2, 0) is 48.7 Å². The van der Waals surface area contributed by atoms with Crippen LogP contribution in [0.15, 0.2) is 46.2 Å². The molecule has 2 atom stereocenters. The summed E-state index contributed by atoms with van der Waals surface area (Å²) in [6.45, 7) is 20.0. The van der Waals surface area contributed by atoms with E-state index in [4.69, 9.17) is 20.4 Å². The number of hydrogen-bond donors (Lipinski definition) is 2. The van der Waals surface area contributed by atoms with Crippen molar-refractivity contribution in [3.05, 3.63) is 48.0 Å². The number of carbonyl (C=O) groups is 1. The topological polar surface area (TPSA) is 175 Å². The third-order valence-corrected chi connectivity index (χ3v) is 17.4. The average Bonchev–Trinajstić information content (AvgIpc) is 4.04. The number of sulfonamides is 2. The Hall–Kier alpha value is -3.56. The van der Waals surface area contributed by atoms with Crippen LogP contribution in [0.2, 0.25) is 0 Å². The molecule has 0 bridgehead atoms. The maximum atomic E-state index is 13.7. The molecule has 2 aromatic carbocycles. The standard InChI is InChI=1S/C27H40F2N4O4S.C22H32F2N4O2S.ClH/c1-25(2,3)23-31-21-15-20(7-8-22(21)33(23)16-18-9-12-27(28,29)13-10-18)38(35,36)32-14-11-19(17-32)30-24(34)37-26(4,5)6;1-21(2,3)20-26-18-12-17(31(29,30)27-11-8-16(25)14-27)4-5-19(18)28(20)13-15-6-9-22(23,24)10-7-15;/h7-8,15,18-19H,9-14,16-17H2,1-6H3,(H,30,34);4-5,12,15-16H,6-11,13-14,25H2,1-3H3;1H/t19-;16-;/m00./s1. The Morgan fingerprint density at radius 1 is 0.671 bits per heavy atom. The van der Waals surface area contributed by atoms with Crippen molar-refractivity contribution < 1.29 is 43.9 Å². The highest BCUT2D eigenvalue weighted by Gasteiger charge is 2.39. The van der Waals surface area contributed by atoms with E-state index in [1.165, 1.54) is 8.61 Å². The largest absolute Gasteiger partial charge is 0.444 e. The zero-order chi connectivity index (χ0) is 50.7. The number of imidazole rings is 2. The van der Waals surface area contributed by atoms with Gasteiger partial charge in [-0.3, -0.25) is 0 Å². The second-order valence-electron chi connectivity index (χ2n) is 22.9. The molecule has 70 heavy (non-hydrogen) atoms. The number of carbonyl (C=O) groups excluding carboxylic acids is 1. The molecule has 392 valence electrons. The van der Waals surface area contributed by atoms with E-state index in [0.717, 1.165) is 22.7 Å². The van der Waals surface area contributed by atoms with Crippen LogP contribution < -0.4 is 11.1 Å². The molecule has 2 saturated heterocycles. The van der Waals surface area contributed by atoms with Gasteiger partial charge >= 0.3 is 6.09 Å². The zero-order valence-corrected chi connectivity index (χ0v) is 44.5. The lowest BCUT2D eigenvalue weighted by Gasteiger charge is -2.30. The Balaban J connectivity index is 0.000000231. The number of alkyl halides is 4. The molecule has 0 radical (unpaired) electrons. The van der Waals surface area contributed by atoms with Crippen molar-refractivity contribution in [3.8, 4) is 0 Å². The quantitative estimate of drug-likeness (QED) is 0.155. The summed E-state index contributed by atoms with van der Waals surface area (Å²) in [5.74, 6) is -3.20. The molecule has 21 heteroatoms. The van der Waals surface area contributed by atoms with Gasteiger partial charge in [-0.2, -0.15) is 8.61 Å². The Kier molecular flexibility index (Phi) is 16.2. The smallest absolute Gasteiger partial charge is 0.407 e. The second kappa shape index (κ2) is 20.4. The van der Waals surface area contributed by atoms with Crippen LogP contribution in [0.3, 0.4) is 0 Å². The molecule has 3 N–H and O–H groups in total. The summed E-state index contributed by atoms with van der Waals surface area (Å²) in [7, 11) is -7.43. The van der Waals surface area contributed by atoms with E-state index in [9.17, 15) is 39.2 Å². The van der Waals surface area contributed by atoms with E-state index in [1.807, 2.05) is 20.8 Å². The summed E-state index contributed by atoms with van der Waals surface area (Å²) in [6.07, 6.45) is 2.11. The Bertz CT molecular complexity index is 2730. The lowest BCUT2D eigenvalue weighted by molar-refractivity contribution is -0.0478. The monoisotopic (exact) mass is 1040 g/mol. The number of aromatic nitrogens is 4. The highest BCUT2D eigenvalue weighted by Crippen LogP contribution is 2.40. The fraction of sp³-hybridized carbons (Fsp3) is 0.694. The van der Waals surface area contributed by atoms with E-state index in [0.29, 0.717) is 75.7 Å². The van der Waals surface area contributed by atoms with Crippen LogP contribution in [0.4, 0.5) is 22.4 Å². The summed E-state index contributed by atoms with van der Waals surface area (Å²) in [6, 6.07) is 9.56. The van der Waals surface area contributed by atoms with Gasteiger partial charge in [-0.1, -0.05) is 41.5 Å². The van der Waals surface area contributed by atoms with Crippen molar-refractivity contribution >= 4 is 60.6 Å². The molecule has 4 fully saturated rings. The molecular weight excluding hydrogens is 972 g/mol. The van der Waals surface area contributed by atoms with Crippen molar-refractivity contribution in [1.29, 1.82) is 0 Å². The van der Waals surface area contributed by atoms with Crippen molar-refractivity contribution in [3.63, 3.8) is 0 Å². The van der Waals surface area contributed by atoms with Gasteiger partial charge in [0.15, 0.2) is 0 Å². The van der Waals surface area contributed by atoms with E-state index in [-0.39, 0.29) is 95.7 Å². The minimum absolute atomic E-state index is 0. The number of fused-ring (bicyclic) bond motifs is 2. The molecule has 14 nitrogen and oxygen atoms in total. The molecule has 2 saturated carbocycles. The summed E-state index contributed by atoms with van der Waals surface area (Å²) in [5.41, 5.74) is 7.52. The predicted octanol–water partition coefficient (Wildman–Crippen LogP) is 9.75. The highest BCUT2D eigenvalue weighted by atomic mass is 35.5. The minimum atomic E-state index is -3.80. The maximum Gasteiger partial charge on any atom is 0.407 e. The molecular formula is C49H73ClF4N8O6S2. The van der Waals surface area contributed by atoms with Crippen molar-refractivity contribution in [1.82, 2.24) is 33.0 Å². The summed E-state index contributed by atoms with van der Waals surface area (Å²) in [4.78, 5) is 22.1. The number of ether oxygens (including phenoxy) is 1. The molecule has 2 aromatic heterocycles. The number of nitrogens with zero attached hydrogens (tertiary/aromatic N) is 6. The molecule has 1 amide bonds. The van der Waals surface area contributed by atoms with Gasteiger partial charge in [0, 0.05) is 87.9 Å². The maximum absolute atomic E-state index is 13.7. The molecule has 4 heterocycles. The molecule has 8 rings (SSSR count). The van der Waals surface area contributed by atoms with Crippen LogP contribution in [0.1, 0.15) is 138 Å². The number of nitrogens with one attached hydrogen (secondary N) is 1. The lowest BCUT2D eigenvalue weighted by atomic mass is 9.86. The van der Waals surface area contributed by atoms with E-state index in [1.54, 1.807) is 57.2 Å². The van der Waals surface area contributed by atoms with Gasteiger partial charge in [0.2, 0.25) is 31.9 Å². The number of alkyl carbamates (subject to hydrolysis) is 1. The van der Waals surface area contributed by atoms with Crippen molar-refractivity contribution in [2.75, 3.05) is 26.2 Å². The first-order valence-corrected chi connectivity index (χ1v) is 27.2. The van der Waals surface area contributed by atoms with Gasteiger partial charge in [-0.05, 0) is 108 Å². The number of amides is 1. The average molecular weight is 1050 g/mol. The Labute approximate surface area is 417 Å². The summed E-state index contributed by atoms with van der Waals surface area (Å²) < 4.78 is 120. The van der Waals surface area contributed by atoms with E-state index < -0.39 is 43.6 Å². The Morgan fingerprint density at radius 2 is 1.07 bits per heavy atom. The number of hydrogen-bond acceptors (Lipinski definition) is 9. The van der Waals surface area contributed by atoms with Crippen molar-refractivity contribution in [2.45, 2.75) is 190 Å². The normalized spacial score (nSPS) is 22.2. The number of nitrogens with two attached hydrogens (primary N) is 1. The third kappa shape index (κ3) is 13.0. The van der Waals surface area contributed by atoms with Gasteiger partial charge in [-0.25, -0.2) is 49.2 Å². The van der Waals surface area contributed by atoms with E-state index >= 15 is 0 Å². The second-order valence-corrected chi connectivity index (χ2v) is 26.8. The molecule has 0 spiro atoms. The van der Waals surface area contributed by atoms with Crippen LogP contribution in [-0.4, -0.2) is 106 Å². The van der Waals surface area contributed by atoms with Gasteiger partial charge in [-0.15, -0.1) is 12.4 Å². The van der Waals surface area contributed by atoms with E-state index in [2.05, 4.69) is 35.2 Å². The lowest BCUT2D eigenvalue weighted by Crippen LogP contribution is -2.41. The van der Waals surface area contributed by atoms with Gasteiger partial charge in [0.1, 0.15) is 17.2 Å². The SMILES string of the molecule is CC(C)(C)OC(=O)N[C@H]1CCN(S(=O)(=O)c2ccc3c(c2)nc(C(C)(C)C)n3CC2CCC(F)(F)CC2)C1.CC(C)(C)c1nc2cc(S(=O)(=O)N3CC[C@H](N)C3)ccc2n1CC1CCC(F)(F)CC1.Cl. The van der Waals surface area contributed by atoms with Crippen molar-refractivity contribution in [2.24, 2.45) is 17.6 Å². The van der Waals surface area contributed by atoms with Crippen LogP contribution >= 0.6 is 12.4 Å². The summed E-state index contributed by atoms with van der Waals surface area (Å²) >= 11 is 0. The first-order chi connectivity index (χ1) is 31.8.